The number of amides is 1. The average Bonchev–Trinajstić information content (AvgIpc) is 2.45. The van der Waals surface area contributed by atoms with Crippen molar-refractivity contribution in [2.24, 2.45) is 5.73 Å². The lowest BCUT2D eigenvalue weighted by molar-refractivity contribution is -0.127. The maximum Gasteiger partial charge on any atom is 0.253 e. The Morgan fingerprint density at radius 1 is 1.24 bits per heavy atom. The van der Waals surface area contributed by atoms with E-state index in [9.17, 15) is 4.79 Å². The third-order valence-corrected chi connectivity index (χ3v) is 2.90. The van der Waals surface area contributed by atoms with E-state index in [1.54, 1.807) is 12.0 Å². The zero-order valence-corrected chi connectivity index (χ0v) is 13.4. The third-order valence-electron chi connectivity index (χ3n) is 2.90. The Labute approximate surface area is 127 Å². The van der Waals surface area contributed by atoms with Crippen LogP contribution in [-0.4, -0.2) is 38.3 Å². The molecular formula is C16H26N2O3. The monoisotopic (exact) mass is 294 g/mol. The fourth-order valence-corrected chi connectivity index (χ4v) is 1.77. The van der Waals surface area contributed by atoms with Crippen LogP contribution in [-0.2, 0) is 9.53 Å². The molecule has 0 aliphatic rings. The molecule has 0 saturated carbocycles. The fraction of sp³-hybridized carbons (Fsp3) is 0.562. The molecule has 21 heavy (non-hydrogen) atoms. The van der Waals surface area contributed by atoms with Gasteiger partial charge in [0.25, 0.3) is 5.91 Å². The summed E-state index contributed by atoms with van der Waals surface area (Å²) in [6.45, 7) is 6.96. The smallest absolute Gasteiger partial charge is 0.253 e. The maximum atomic E-state index is 12.4. The molecule has 5 heteroatoms. The normalized spacial score (nSPS) is 11.3. The largest absolute Gasteiger partial charge is 0.497 e. The molecule has 118 valence electrons. The Morgan fingerprint density at radius 2 is 1.86 bits per heavy atom. The predicted octanol–water partition coefficient (Wildman–Crippen LogP) is 2.19. The van der Waals surface area contributed by atoms with E-state index in [-0.39, 0.29) is 18.1 Å². The predicted molar refractivity (Wildman–Crippen MR) is 84.7 cm³/mol. The number of carbonyl (C=O) groups excluding carboxylic acids is 1. The Hall–Kier alpha value is -1.59. The highest BCUT2D eigenvalue weighted by Crippen LogP contribution is 2.20. The first-order valence-corrected chi connectivity index (χ1v) is 7.16. The van der Waals surface area contributed by atoms with E-state index in [1.165, 1.54) is 0 Å². The average molecular weight is 294 g/mol. The Bertz CT molecular complexity index is 438. The molecule has 0 fully saturated rings. The highest BCUT2D eigenvalue weighted by atomic mass is 16.5. The van der Waals surface area contributed by atoms with Crippen LogP contribution in [0.3, 0.4) is 0 Å². The van der Waals surface area contributed by atoms with E-state index in [0.717, 1.165) is 17.9 Å². The number of hydrogen-bond donors (Lipinski definition) is 1. The molecule has 0 aliphatic carbocycles. The van der Waals surface area contributed by atoms with Gasteiger partial charge < -0.3 is 20.1 Å². The number of methoxy groups -OCH3 is 1. The van der Waals surface area contributed by atoms with Crippen LogP contribution in [0.5, 0.6) is 5.75 Å². The van der Waals surface area contributed by atoms with Gasteiger partial charge >= 0.3 is 0 Å². The summed E-state index contributed by atoms with van der Waals surface area (Å²) in [7, 11) is 1.61. The Morgan fingerprint density at radius 3 is 2.33 bits per heavy atom. The van der Waals surface area contributed by atoms with Crippen molar-refractivity contribution in [3.05, 3.63) is 24.3 Å². The summed E-state index contributed by atoms with van der Waals surface area (Å²) in [5, 5.41) is 0. The van der Waals surface area contributed by atoms with Crippen molar-refractivity contribution in [2.75, 3.05) is 31.7 Å². The standard InChI is InChI=1S/C16H26N2O3/c1-16(2,3)21-12-15(19)18(11-5-10-17)13-6-8-14(20-4)9-7-13/h6-9H,5,10-12,17H2,1-4H3. The number of benzene rings is 1. The van der Waals surface area contributed by atoms with Gasteiger partial charge in [0.05, 0.1) is 12.7 Å². The molecule has 5 nitrogen and oxygen atoms in total. The highest BCUT2D eigenvalue weighted by molar-refractivity contribution is 5.94. The molecule has 0 unspecified atom stereocenters. The van der Waals surface area contributed by atoms with Gasteiger partial charge in [0.1, 0.15) is 12.4 Å². The van der Waals surface area contributed by atoms with Crippen LogP contribution in [0, 0.1) is 0 Å². The van der Waals surface area contributed by atoms with Crippen LogP contribution in [0.15, 0.2) is 24.3 Å². The van der Waals surface area contributed by atoms with Gasteiger partial charge in [-0.25, -0.2) is 0 Å². The number of nitrogens with two attached hydrogens (primary N) is 1. The van der Waals surface area contributed by atoms with Crippen molar-refractivity contribution in [3.63, 3.8) is 0 Å². The van der Waals surface area contributed by atoms with Crippen LogP contribution in [0.1, 0.15) is 27.2 Å². The molecule has 0 saturated heterocycles. The second-order valence-electron chi connectivity index (χ2n) is 5.79. The van der Waals surface area contributed by atoms with Gasteiger partial charge in [0.2, 0.25) is 0 Å². The quantitative estimate of drug-likeness (QED) is 0.837. The lowest BCUT2D eigenvalue weighted by Gasteiger charge is -2.25. The van der Waals surface area contributed by atoms with Crippen LogP contribution >= 0.6 is 0 Å². The zero-order chi connectivity index (χ0) is 15.9. The van der Waals surface area contributed by atoms with E-state index in [2.05, 4.69) is 0 Å². The minimum atomic E-state index is -0.338. The van der Waals surface area contributed by atoms with Gasteiger partial charge in [0.15, 0.2) is 0 Å². The van der Waals surface area contributed by atoms with E-state index in [1.807, 2.05) is 45.0 Å². The van der Waals surface area contributed by atoms with E-state index < -0.39 is 0 Å². The molecule has 0 spiro atoms. The van der Waals surface area contributed by atoms with Crippen LogP contribution < -0.4 is 15.4 Å². The first-order valence-electron chi connectivity index (χ1n) is 7.16. The minimum Gasteiger partial charge on any atom is -0.497 e. The molecule has 0 heterocycles. The molecule has 0 aromatic heterocycles. The summed E-state index contributed by atoms with van der Waals surface area (Å²) < 4.78 is 10.7. The lowest BCUT2D eigenvalue weighted by Crippen LogP contribution is -2.37. The van der Waals surface area contributed by atoms with Gasteiger partial charge in [-0.3, -0.25) is 4.79 Å². The minimum absolute atomic E-state index is 0.0557. The molecule has 0 aliphatic heterocycles. The lowest BCUT2D eigenvalue weighted by atomic mass is 10.2. The van der Waals surface area contributed by atoms with Crippen LogP contribution in [0.25, 0.3) is 0 Å². The fourth-order valence-electron chi connectivity index (χ4n) is 1.77. The second kappa shape index (κ2) is 8.00. The molecule has 0 bridgehead atoms. The van der Waals surface area contributed by atoms with Gasteiger partial charge in [-0.2, -0.15) is 0 Å². The molecule has 0 atom stereocenters. The Balaban J connectivity index is 2.80. The number of anilines is 1. The molecule has 1 amide bonds. The van der Waals surface area contributed by atoms with Gasteiger partial charge in [-0.05, 0) is 58.0 Å². The van der Waals surface area contributed by atoms with Gasteiger partial charge in [-0.1, -0.05) is 0 Å². The zero-order valence-electron chi connectivity index (χ0n) is 13.4. The van der Waals surface area contributed by atoms with E-state index in [4.69, 9.17) is 15.2 Å². The van der Waals surface area contributed by atoms with Crippen molar-refractivity contribution in [1.29, 1.82) is 0 Å². The molecule has 1 rings (SSSR count). The van der Waals surface area contributed by atoms with Gasteiger partial charge in [-0.15, -0.1) is 0 Å². The number of nitrogens with zero attached hydrogens (tertiary/aromatic N) is 1. The molecule has 1 aromatic carbocycles. The first-order chi connectivity index (χ1) is 9.87. The Kier molecular flexibility index (Phi) is 6.65. The SMILES string of the molecule is COc1ccc(N(CCCN)C(=O)COC(C)(C)C)cc1. The number of carbonyl (C=O) groups is 1. The van der Waals surface area contributed by atoms with Crippen LogP contribution in [0.2, 0.25) is 0 Å². The second-order valence-corrected chi connectivity index (χ2v) is 5.79. The topological polar surface area (TPSA) is 64.8 Å². The van der Waals surface area contributed by atoms with Crippen molar-refractivity contribution >= 4 is 11.6 Å². The first kappa shape index (κ1) is 17.5. The number of ether oxygens (including phenoxy) is 2. The number of hydrogen-bond acceptors (Lipinski definition) is 4. The van der Waals surface area contributed by atoms with E-state index >= 15 is 0 Å². The molecular weight excluding hydrogens is 268 g/mol. The third kappa shape index (κ3) is 6.14. The highest BCUT2D eigenvalue weighted by Gasteiger charge is 2.19. The maximum absolute atomic E-state index is 12.4. The summed E-state index contributed by atoms with van der Waals surface area (Å²) in [5.74, 6) is 0.694. The summed E-state index contributed by atoms with van der Waals surface area (Å²) in [6, 6.07) is 7.40. The van der Waals surface area contributed by atoms with Crippen molar-refractivity contribution in [1.82, 2.24) is 0 Å². The molecule has 2 N–H and O–H groups in total. The summed E-state index contributed by atoms with van der Waals surface area (Å²) in [6.07, 6.45) is 0.743. The summed E-state index contributed by atoms with van der Waals surface area (Å²) >= 11 is 0. The van der Waals surface area contributed by atoms with E-state index in [0.29, 0.717) is 13.1 Å². The number of rotatable bonds is 7. The van der Waals surface area contributed by atoms with Crippen molar-refractivity contribution in [3.8, 4) is 5.75 Å². The summed E-state index contributed by atoms with van der Waals surface area (Å²) in [4.78, 5) is 14.1. The molecule has 1 aromatic rings. The summed E-state index contributed by atoms with van der Waals surface area (Å²) in [5.41, 5.74) is 6.04. The van der Waals surface area contributed by atoms with Crippen molar-refractivity contribution in [2.45, 2.75) is 32.8 Å². The van der Waals surface area contributed by atoms with Crippen molar-refractivity contribution < 1.29 is 14.3 Å². The van der Waals surface area contributed by atoms with Gasteiger partial charge in [0, 0.05) is 12.2 Å². The molecule has 0 radical (unpaired) electrons. The van der Waals surface area contributed by atoms with Crippen LogP contribution in [0.4, 0.5) is 5.69 Å².